The molecule has 2 rings (SSSR count). The van der Waals surface area contributed by atoms with Gasteiger partial charge in [0.1, 0.15) is 11.5 Å². The molecule has 1 N–H and O–H groups in total. The normalized spacial score (nSPS) is 21.6. The van der Waals surface area contributed by atoms with E-state index in [-0.39, 0.29) is 24.2 Å². The Morgan fingerprint density at radius 1 is 1.47 bits per heavy atom. The van der Waals surface area contributed by atoms with E-state index in [2.05, 4.69) is 4.98 Å². The van der Waals surface area contributed by atoms with E-state index in [1.165, 1.54) is 9.21 Å². The van der Waals surface area contributed by atoms with Gasteiger partial charge in [0.2, 0.25) is 10.0 Å². The van der Waals surface area contributed by atoms with Gasteiger partial charge in [-0.1, -0.05) is 0 Å². The van der Waals surface area contributed by atoms with Crippen molar-refractivity contribution < 1.29 is 17.6 Å². The number of aromatic amines is 1. The highest BCUT2D eigenvalue weighted by atomic mass is 32.2. The van der Waals surface area contributed by atoms with Gasteiger partial charge in [-0.05, 0) is 6.92 Å². The fourth-order valence-electron chi connectivity index (χ4n) is 2.28. The quantitative estimate of drug-likeness (QED) is 0.848. The molecule has 106 valence electrons. The van der Waals surface area contributed by atoms with Crippen LogP contribution in [0, 0.1) is 5.82 Å². The van der Waals surface area contributed by atoms with Gasteiger partial charge in [-0.3, -0.25) is 4.79 Å². The zero-order valence-electron chi connectivity index (χ0n) is 10.8. The first-order chi connectivity index (χ1) is 8.79. The van der Waals surface area contributed by atoms with Gasteiger partial charge in [0.05, 0.1) is 6.26 Å². The number of amides is 1. The van der Waals surface area contributed by atoms with Crippen molar-refractivity contribution in [1.29, 1.82) is 0 Å². The fraction of sp³-hybridized carbons (Fsp3) is 0.545. The molecule has 0 saturated carbocycles. The van der Waals surface area contributed by atoms with Crippen molar-refractivity contribution >= 4 is 15.9 Å². The summed E-state index contributed by atoms with van der Waals surface area (Å²) in [6, 6.07) is 0.850. The summed E-state index contributed by atoms with van der Waals surface area (Å²) in [6.45, 7) is 2.61. The van der Waals surface area contributed by atoms with Gasteiger partial charge in [0.15, 0.2) is 0 Å². The largest absolute Gasteiger partial charge is 0.355 e. The van der Waals surface area contributed by atoms with Crippen molar-refractivity contribution in [3.05, 3.63) is 23.8 Å². The van der Waals surface area contributed by atoms with E-state index >= 15 is 0 Å². The van der Waals surface area contributed by atoms with E-state index < -0.39 is 15.8 Å². The Balaban J connectivity index is 2.08. The molecule has 19 heavy (non-hydrogen) atoms. The van der Waals surface area contributed by atoms with Gasteiger partial charge in [-0.15, -0.1) is 0 Å². The van der Waals surface area contributed by atoms with Gasteiger partial charge in [0, 0.05) is 37.9 Å². The van der Waals surface area contributed by atoms with Gasteiger partial charge in [-0.25, -0.2) is 12.8 Å². The number of hydrogen-bond acceptors (Lipinski definition) is 3. The summed E-state index contributed by atoms with van der Waals surface area (Å²) in [5.41, 5.74) is 0.178. The second-order valence-electron chi connectivity index (χ2n) is 4.71. The summed E-state index contributed by atoms with van der Waals surface area (Å²) in [4.78, 5) is 16.2. The summed E-state index contributed by atoms with van der Waals surface area (Å²) >= 11 is 0. The summed E-state index contributed by atoms with van der Waals surface area (Å²) in [5.74, 6) is -0.810. The minimum atomic E-state index is -3.26. The molecular formula is C11H16FN3O3S. The molecule has 1 amide bonds. The number of halogens is 1. The van der Waals surface area contributed by atoms with E-state index in [1.807, 2.05) is 0 Å². The van der Waals surface area contributed by atoms with E-state index in [9.17, 15) is 17.6 Å². The molecule has 0 spiro atoms. The maximum atomic E-state index is 12.9. The molecule has 0 bridgehead atoms. The van der Waals surface area contributed by atoms with Crippen molar-refractivity contribution in [2.45, 2.75) is 13.0 Å². The Morgan fingerprint density at radius 3 is 2.63 bits per heavy atom. The van der Waals surface area contributed by atoms with E-state index in [0.717, 1.165) is 18.5 Å². The van der Waals surface area contributed by atoms with E-state index in [4.69, 9.17) is 0 Å². The van der Waals surface area contributed by atoms with Crippen LogP contribution in [0.2, 0.25) is 0 Å². The lowest BCUT2D eigenvalue weighted by molar-refractivity contribution is 0.0637. The molecule has 1 aliphatic heterocycles. The number of nitrogens with zero attached hydrogens (tertiary/aromatic N) is 2. The Bertz CT molecular complexity index is 584. The Labute approximate surface area is 111 Å². The average Bonchev–Trinajstić information content (AvgIpc) is 2.73. The number of H-pyrrole nitrogens is 1. The van der Waals surface area contributed by atoms with Crippen LogP contribution in [-0.4, -0.2) is 60.4 Å². The maximum Gasteiger partial charge on any atom is 0.270 e. The van der Waals surface area contributed by atoms with Gasteiger partial charge in [0.25, 0.3) is 5.91 Å². The van der Waals surface area contributed by atoms with Crippen molar-refractivity contribution in [2.75, 3.05) is 25.9 Å². The van der Waals surface area contributed by atoms with Crippen LogP contribution in [0.25, 0.3) is 0 Å². The topological polar surface area (TPSA) is 73.5 Å². The fourth-order valence-corrected chi connectivity index (χ4v) is 3.41. The van der Waals surface area contributed by atoms with Crippen LogP contribution >= 0.6 is 0 Å². The van der Waals surface area contributed by atoms with Crippen LogP contribution in [-0.2, 0) is 10.0 Å². The number of hydrogen-bond donors (Lipinski definition) is 1. The third-order valence-electron chi connectivity index (χ3n) is 3.16. The van der Waals surface area contributed by atoms with Crippen molar-refractivity contribution in [1.82, 2.24) is 14.2 Å². The van der Waals surface area contributed by atoms with Crippen LogP contribution in [0.3, 0.4) is 0 Å². The first-order valence-corrected chi connectivity index (χ1v) is 7.74. The third kappa shape index (κ3) is 2.95. The number of nitrogens with one attached hydrogen (secondary N) is 1. The second kappa shape index (κ2) is 4.93. The Kier molecular flexibility index (Phi) is 3.64. The predicted octanol–water partition coefficient (Wildman–Crippen LogP) is 0.260. The molecular weight excluding hydrogens is 273 g/mol. The number of carbonyl (C=O) groups excluding carboxylic acids is 1. The SMILES string of the molecule is C[C@H]1CN(C(=O)c2cc(F)c[nH]2)CCN1S(C)(=O)=O. The molecule has 1 fully saturated rings. The zero-order chi connectivity index (χ0) is 14.2. The number of aromatic nitrogens is 1. The molecule has 1 aromatic rings. The Hall–Kier alpha value is -1.41. The smallest absolute Gasteiger partial charge is 0.270 e. The molecule has 8 heteroatoms. The molecule has 2 heterocycles. The number of rotatable bonds is 2. The van der Waals surface area contributed by atoms with Crippen LogP contribution in [0.1, 0.15) is 17.4 Å². The third-order valence-corrected chi connectivity index (χ3v) is 4.55. The minimum absolute atomic E-state index is 0.178. The summed E-state index contributed by atoms with van der Waals surface area (Å²) in [6.07, 6.45) is 2.27. The highest BCUT2D eigenvalue weighted by molar-refractivity contribution is 7.88. The molecule has 0 aromatic carbocycles. The van der Waals surface area contributed by atoms with E-state index in [1.54, 1.807) is 6.92 Å². The van der Waals surface area contributed by atoms with Gasteiger partial charge in [-0.2, -0.15) is 4.31 Å². The lowest BCUT2D eigenvalue weighted by atomic mass is 10.2. The van der Waals surface area contributed by atoms with Crippen LogP contribution in [0.4, 0.5) is 4.39 Å². The lowest BCUT2D eigenvalue weighted by Gasteiger charge is -2.38. The first kappa shape index (κ1) is 14.0. The zero-order valence-corrected chi connectivity index (χ0v) is 11.6. The molecule has 1 aliphatic rings. The molecule has 0 unspecified atom stereocenters. The first-order valence-electron chi connectivity index (χ1n) is 5.89. The number of carbonyl (C=O) groups is 1. The average molecular weight is 289 g/mol. The van der Waals surface area contributed by atoms with Crippen LogP contribution < -0.4 is 0 Å². The summed E-state index contributed by atoms with van der Waals surface area (Å²) < 4.78 is 37.3. The van der Waals surface area contributed by atoms with Crippen LogP contribution in [0.15, 0.2) is 12.3 Å². The maximum absolute atomic E-state index is 12.9. The molecule has 6 nitrogen and oxygen atoms in total. The minimum Gasteiger partial charge on any atom is -0.355 e. The Morgan fingerprint density at radius 2 is 2.16 bits per heavy atom. The highest BCUT2D eigenvalue weighted by Gasteiger charge is 2.32. The summed E-state index contributed by atoms with van der Waals surface area (Å²) in [5, 5.41) is 0. The molecule has 0 radical (unpaired) electrons. The van der Waals surface area contributed by atoms with E-state index in [0.29, 0.717) is 13.1 Å². The van der Waals surface area contributed by atoms with Gasteiger partial charge >= 0.3 is 0 Å². The predicted molar refractivity (Wildman–Crippen MR) is 67.7 cm³/mol. The lowest BCUT2D eigenvalue weighted by Crippen LogP contribution is -2.55. The van der Waals surface area contributed by atoms with Gasteiger partial charge < -0.3 is 9.88 Å². The van der Waals surface area contributed by atoms with Crippen LogP contribution in [0.5, 0.6) is 0 Å². The molecule has 1 aromatic heterocycles. The monoisotopic (exact) mass is 289 g/mol. The van der Waals surface area contributed by atoms with Crippen molar-refractivity contribution in [3.63, 3.8) is 0 Å². The standard InChI is InChI=1S/C11H16FN3O3S/c1-8-7-14(3-4-15(8)19(2,17)18)11(16)10-5-9(12)6-13-10/h5-6,8,13H,3-4,7H2,1-2H3/t8-/m0/s1. The molecule has 0 aliphatic carbocycles. The second-order valence-corrected chi connectivity index (χ2v) is 6.64. The number of piperazine rings is 1. The van der Waals surface area contributed by atoms with Crippen molar-refractivity contribution in [2.24, 2.45) is 0 Å². The highest BCUT2D eigenvalue weighted by Crippen LogP contribution is 2.15. The molecule has 1 saturated heterocycles. The van der Waals surface area contributed by atoms with Crippen molar-refractivity contribution in [3.8, 4) is 0 Å². The number of sulfonamides is 1. The molecule has 1 atom stereocenters. The summed E-state index contributed by atoms with van der Waals surface area (Å²) in [7, 11) is -3.26.